The van der Waals surface area contributed by atoms with Gasteiger partial charge in [-0.1, -0.05) is 24.3 Å². The Kier molecular flexibility index (Phi) is 4.61. The van der Waals surface area contributed by atoms with E-state index in [2.05, 4.69) is 17.4 Å². The lowest BCUT2D eigenvalue weighted by atomic mass is 10.0. The SMILES string of the molecule is COc1cccc2c1CC(NCCCc1coc3ccccc13)CO2. The minimum absolute atomic E-state index is 0.324. The van der Waals surface area contributed by atoms with Gasteiger partial charge >= 0.3 is 0 Å². The zero-order chi connectivity index (χ0) is 17.1. The molecular formula is C21H23NO3. The summed E-state index contributed by atoms with van der Waals surface area (Å²) >= 11 is 0. The molecule has 1 N–H and O–H groups in total. The highest BCUT2D eigenvalue weighted by Gasteiger charge is 2.22. The highest BCUT2D eigenvalue weighted by atomic mass is 16.5. The quantitative estimate of drug-likeness (QED) is 0.691. The maximum Gasteiger partial charge on any atom is 0.134 e. The van der Waals surface area contributed by atoms with Gasteiger partial charge in [-0.3, -0.25) is 0 Å². The van der Waals surface area contributed by atoms with Crippen molar-refractivity contribution in [3.05, 3.63) is 59.9 Å². The van der Waals surface area contributed by atoms with Crippen molar-refractivity contribution in [3.8, 4) is 11.5 Å². The summed E-state index contributed by atoms with van der Waals surface area (Å²) in [4.78, 5) is 0. The predicted molar refractivity (Wildman–Crippen MR) is 98.5 cm³/mol. The molecule has 2 aromatic carbocycles. The number of hydrogen-bond acceptors (Lipinski definition) is 4. The van der Waals surface area contributed by atoms with Gasteiger partial charge in [-0.15, -0.1) is 0 Å². The summed E-state index contributed by atoms with van der Waals surface area (Å²) in [6, 6.07) is 14.5. The van der Waals surface area contributed by atoms with Gasteiger partial charge in [-0.2, -0.15) is 0 Å². The molecule has 1 aliphatic rings. The second kappa shape index (κ2) is 7.19. The van der Waals surface area contributed by atoms with Crippen molar-refractivity contribution in [1.29, 1.82) is 0 Å². The van der Waals surface area contributed by atoms with Crippen molar-refractivity contribution >= 4 is 11.0 Å². The van der Waals surface area contributed by atoms with Crippen LogP contribution in [0.2, 0.25) is 0 Å². The normalized spacial score (nSPS) is 16.4. The van der Waals surface area contributed by atoms with Gasteiger partial charge in [0.25, 0.3) is 0 Å². The van der Waals surface area contributed by atoms with Crippen LogP contribution < -0.4 is 14.8 Å². The van der Waals surface area contributed by atoms with E-state index in [1.54, 1.807) is 7.11 Å². The molecule has 0 saturated carbocycles. The van der Waals surface area contributed by atoms with E-state index < -0.39 is 0 Å². The van der Waals surface area contributed by atoms with Gasteiger partial charge in [-0.25, -0.2) is 0 Å². The summed E-state index contributed by atoms with van der Waals surface area (Å²) in [5.74, 6) is 1.86. The van der Waals surface area contributed by atoms with E-state index in [9.17, 15) is 0 Å². The van der Waals surface area contributed by atoms with Crippen LogP contribution in [0.4, 0.5) is 0 Å². The number of furan rings is 1. The number of benzene rings is 2. The van der Waals surface area contributed by atoms with Crippen LogP contribution in [0.5, 0.6) is 11.5 Å². The summed E-state index contributed by atoms with van der Waals surface area (Å²) in [6.45, 7) is 1.66. The number of hydrogen-bond donors (Lipinski definition) is 1. The van der Waals surface area contributed by atoms with Gasteiger partial charge in [0.05, 0.1) is 13.4 Å². The summed E-state index contributed by atoms with van der Waals surface area (Å²) in [6.07, 6.45) is 4.90. The average molecular weight is 337 g/mol. The Labute approximate surface area is 147 Å². The molecule has 4 heteroatoms. The van der Waals surface area contributed by atoms with Crippen molar-refractivity contribution in [2.45, 2.75) is 25.3 Å². The molecule has 0 aliphatic carbocycles. The molecule has 0 radical (unpaired) electrons. The van der Waals surface area contributed by atoms with E-state index in [-0.39, 0.29) is 0 Å². The van der Waals surface area contributed by atoms with E-state index >= 15 is 0 Å². The lowest BCUT2D eigenvalue weighted by Crippen LogP contribution is -2.40. The zero-order valence-corrected chi connectivity index (χ0v) is 14.5. The Balaban J connectivity index is 1.31. The van der Waals surface area contributed by atoms with Crippen LogP contribution >= 0.6 is 0 Å². The standard InChI is InChI=1S/C21H23NO3/c1-23-19-9-4-10-21-18(19)12-16(14-25-21)22-11-5-6-15-13-24-20-8-3-2-7-17(15)20/h2-4,7-10,13,16,22H,5-6,11-12,14H2,1H3. The molecule has 0 spiro atoms. The Bertz CT molecular complexity index is 841. The maximum absolute atomic E-state index is 5.88. The van der Waals surface area contributed by atoms with Gasteiger partial charge in [0.15, 0.2) is 0 Å². The van der Waals surface area contributed by atoms with Gasteiger partial charge in [0.1, 0.15) is 23.7 Å². The Hall–Kier alpha value is -2.46. The second-order valence-corrected chi connectivity index (χ2v) is 6.46. The molecule has 2 heterocycles. The third kappa shape index (κ3) is 3.35. The topological polar surface area (TPSA) is 43.6 Å². The molecule has 0 saturated heterocycles. The minimum Gasteiger partial charge on any atom is -0.496 e. The first-order valence-corrected chi connectivity index (χ1v) is 8.82. The molecule has 1 aromatic heterocycles. The summed E-state index contributed by atoms with van der Waals surface area (Å²) < 4.78 is 16.9. The van der Waals surface area contributed by atoms with Gasteiger partial charge in [0.2, 0.25) is 0 Å². The summed E-state index contributed by atoms with van der Waals surface area (Å²) in [7, 11) is 1.71. The fourth-order valence-corrected chi connectivity index (χ4v) is 3.51. The monoisotopic (exact) mass is 337 g/mol. The fraction of sp³-hybridized carbons (Fsp3) is 0.333. The molecule has 0 fully saturated rings. The molecule has 3 aromatic rings. The Morgan fingerprint density at radius 3 is 3.00 bits per heavy atom. The summed E-state index contributed by atoms with van der Waals surface area (Å²) in [5.41, 5.74) is 3.41. The average Bonchev–Trinajstić information content (AvgIpc) is 3.08. The van der Waals surface area contributed by atoms with Crippen LogP contribution in [0.15, 0.2) is 53.1 Å². The molecule has 130 valence electrons. The summed E-state index contributed by atoms with van der Waals surface area (Å²) in [5, 5.41) is 4.84. The molecule has 0 amide bonds. The number of para-hydroxylation sites is 1. The third-order valence-electron chi connectivity index (χ3n) is 4.82. The largest absolute Gasteiger partial charge is 0.496 e. The van der Waals surface area contributed by atoms with Crippen molar-refractivity contribution in [3.63, 3.8) is 0 Å². The highest BCUT2D eigenvalue weighted by Crippen LogP contribution is 2.32. The van der Waals surface area contributed by atoms with Crippen LogP contribution in [-0.4, -0.2) is 26.3 Å². The third-order valence-corrected chi connectivity index (χ3v) is 4.82. The minimum atomic E-state index is 0.324. The smallest absolute Gasteiger partial charge is 0.134 e. The van der Waals surface area contributed by atoms with Crippen LogP contribution in [0, 0.1) is 0 Å². The first-order chi connectivity index (χ1) is 12.3. The van der Waals surface area contributed by atoms with Gasteiger partial charge < -0.3 is 19.2 Å². The van der Waals surface area contributed by atoms with Crippen molar-refractivity contribution in [2.75, 3.05) is 20.3 Å². The van der Waals surface area contributed by atoms with E-state index in [0.717, 1.165) is 48.5 Å². The van der Waals surface area contributed by atoms with Crippen molar-refractivity contribution in [1.82, 2.24) is 5.32 Å². The van der Waals surface area contributed by atoms with Crippen molar-refractivity contribution in [2.24, 2.45) is 0 Å². The van der Waals surface area contributed by atoms with Gasteiger partial charge in [-0.05, 0) is 49.6 Å². The second-order valence-electron chi connectivity index (χ2n) is 6.46. The lowest BCUT2D eigenvalue weighted by molar-refractivity contribution is 0.234. The van der Waals surface area contributed by atoms with Crippen LogP contribution in [-0.2, 0) is 12.8 Å². The van der Waals surface area contributed by atoms with E-state index in [0.29, 0.717) is 12.6 Å². The number of fused-ring (bicyclic) bond motifs is 2. The zero-order valence-electron chi connectivity index (χ0n) is 14.5. The molecule has 1 aliphatic heterocycles. The number of nitrogens with one attached hydrogen (secondary N) is 1. The van der Waals surface area contributed by atoms with E-state index in [1.165, 1.54) is 10.9 Å². The molecule has 1 unspecified atom stereocenters. The molecule has 4 rings (SSSR count). The van der Waals surface area contributed by atoms with E-state index in [1.807, 2.05) is 36.6 Å². The van der Waals surface area contributed by atoms with E-state index in [4.69, 9.17) is 13.9 Å². The molecular weight excluding hydrogens is 314 g/mol. The number of ether oxygens (including phenoxy) is 2. The Morgan fingerprint density at radius 2 is 2.08 bits per heavy atom. The highest BCUT2D eigenvalue weighted by molar-refractivity contribution is 5.80. The van der Waals surface area contributed by atoms with Gasteiger partial charge in [0, 0.05) is 17.0 Å². The van der Waals surface area contributed by atoms with Crippen LogP contribution in [0.25, 0.3) is 11.0 Å². The first-order valence-electron chi connectivity index (χ1n) is 8.82. The first kappa shape index (κ1) is 16.0. The number of rotatable bonds is 6. The Morgan fingerprint density at radius 1 is 1.16 bits per heavy atom. The van der Waals surface area contributed by atoms with Crippen molar-refractivity contribution < 1.29 is 13.9 Å². The number of methoxy groups -OCH3 is 1. The predicted octanol–water partition coefficient (Wildman–Crippen LogP) is 3.97. The number of aryl methyl sites for hydroxylation is 1. The fourth-order valence-electron chi connectivity index (χ4n) is 3.51. The molecule has 0 bridgehead atoms. The maximum atomic E-state index is 5.88. The van der Waals surface area contributed by atoms with Crippen LogP contribution in [0.3, 0.4) is 0 Å². The molecule has 4 nitrogen and oxygen atoms in total. The lowest BCUT2D eigenvalue weighted by Gasteiger charge is -2.27. The molecule has 1 atom stereocenters. The molecule has 25 heavy (non-hydrogen) atoms. The van der Waals surface area contributed by atoms with Crippen LogP contribution in [0.1, 0.15) is 17.5 Å².